The Bertz CT molecular complexity index is 562. The van der Waals surface area contributed by atoms with Gasteiger partial charge in [0.25, 0.3) is 0 Å². The van der Waals surface area contributed by atoms with E-state index >= 15 is 0 Å². The molecule has 0 saturated heterocycles. The molecule has 1 aromatic carbocycles. The third-order valence-electron chi connectivity index (χ3n) is 2.52. The first-order valence-corrected chi connectivity index (χ1v) is 9.43. The van der Waals surface area contributed by atoms with Gasteiger partial charge in [-0.25, -0.2) is 8.42 Å². The number of thioether (sulfide) groups is 1. The molecule has 0 bridgehead atoms. The molecule has 0 aliphatic heterocycles. The Morgan fingerprint density at radius 1 is 1.45 bits per heavy atom. The van der Waals surface area contributed by atoms with E-state index in [1.807, 2.05) is 6.26 Å². The van der Waals surface area contributed by atoms with E-state index in [1.54, 1.807) is 18.2 Å². The van der Waals surface area contributed by atoms with Crippen LogP contribution < -0.4 is 4.72 Å². The fourth-order valence-electron chi connectivity index (χ4n) is 1.52. The van der Waals surface area contributed by atoms with Gasteiger partial charge in [0, 0.05) is 4.47 Å². The molecule has 1 aromatic rings. The molecule has 1 N–H and O–H groups in total. The number of carbonyl (C=O) groups excluding carboxylic acids is 1. The van der Waals surface area contributed by atoms with Crippen molar-refractivity contribution in [1.29, 1.82) is 0 Å². The van der Waals surface area contributed by atoms with E-state index in [9.17, 15) is 13.2 Å². The highest BCUT2D eigenvalue weighted by atomic mass is 79.9. The van der Waals surface area contributed by atoms with Gasteiger partial charge in [-0.05, 0) is 46.5 Å². The molecule has 0 aromatic heterocycles. The molecule has 0 unspecified atom stereocenters. The lowest BCUT2D eigenvalue weighted by Crippen LogP contribution is -2.41. The van der Waals surface area contributed by atoms with Crippen molar-refractivity contribution in [2.75, 3.05) is 19.1 Å². The molecule has 0 heterocycles. The van der Waals surface area contributed by atoms with Crippen LogP contribution in [0.5, 0.6) is 0 Å². The maximum atomic E-state index is 12.3. The highest BCUT2D eigenvalue weighted by molar-refractivity contribution is 9.10. The molecule has 1 atom stereocenters. The summed E-state index contributed by atoms with van der Waals surface area (Å²) in [5, 5.41) is 0. The van der Waals surface area contributed by atoms with Gasteiger partial charge in [0.2, 0.25) is 10.0 Å². The van der Waals surface area contributed by atoms with Gasteiger partial charge in [0.15, 0.2) is 0 Å². The molecular formula is C12H16BrNO4S2. The molecule has 0 spiro atoms. The molecule has 1 rings (SSSR count). The number of nitrogens with one attached hydrogen (secondary N) is 1. The normalized spacial score (nSPS) is 12.9. The van der Waals surface area contributed by atoms with Crippen molar-refractivity contribution in [3.05, 3.63) is 28.7 Å². The van der Waals surface area contributed by atoms with Crippen LogP contribution in [0.2, 0.25) is 0 Å². The Morgan fingerprint density at radius 2 is 2.10 bits per heavy atom. The maximum Gasteiger partial charge on any atom is 0.323 e. The number of esters is 1. The molecule has 8 heteroatoms. The molecule has 0 aliphatic rings. The van der Waals surface area contributed by atoms with Gasteiger partial charge < -0.3 is 4.74 Å². The Balaban J connectivity index is 2.97. The standard InChI is InChI=1S/C12H16BrNO4S2/c1-18-12(15)10(7-8-19-2)14-20(16,17)11-6-4-3-5-9(11)13/h3-6,10,14H,7-8H2,1-2H3/t10-/m0/s1. The van der Waals surface area contributed by atoms with Crippen LogP contribution in [0.4, 0.5) is 0 Å². The van der Waals surface area contributed by atoms with Crippen LogP contribution in [0.15, 0.2) is 33.6 Å². The van der Waals surface area contributed by atoms with Crippen molar-refractivity contribution >= 4 is 43.7 Å². The van der Waals surface area contributed by atoms with Crippen molar-refractivity contribution in [2.45, 2.75) is 17.4 Å². The van der Waals surface area contributed by atoms with E-state index in [-0.39, 0.29) is 4.90 Å². The van der Waals surface area contributed by atoms with Gasteiger partial charge in [0.05, 0.1) is 12.0 Å². The highest BCUT2D eigenvalue weighted by Gasteiger charge is 2.27. The van der Waals surface area contributed by atoms with Crippen LogP contribution in [0.25, 0.3) is 0 Å². The fourth-order valence-corrected chi connectivity index (χ4v) is 4.21. The molecule has 5 nitrogen and oxygen atoms in total. The third kappa shape index (κ3) is 4.76. The molecule has 0 aliphatic carbocycles. The van der Waals surface area contributed by atoms with Crippen molar-refractivity contribution in [1.82, 2.24) is 4.72 Å². The molecular weight excluding hydrogens is 366 g/mol. The van der Waals surface area contributed by atoms with Gasteiger partial charge in [-0.2, -0.15) is 16.5 Å². The van der Waals surface area contributed by atoms with Crippen molar-refractivity contribution in [3.63, 3.8) is 0 Å². The maximum absolute atomic E-state index is 12.3. The lowest BCUT2D eigenvalue weighted by atomic mass is 10.2. The van der Waals surface area contributed by atoms with Gasteiger partial charge in [0.1, 0.15) is 6.04 Å². The molecule has 0 fully saturated rings. The number of methoxy groups -OCH3 is 1. The first-order valence-electron chi connectivity index (χ1n) is 5.76. The minimum absolute atomic E-state index is 0.0954. The number of halogens is 1. The second kappa shape index (κ2) is 8.02. The lowest BCUT2D eigenvalue weighted by molar-refractivity contribution is -0.142. The van der Waals surface area contributed by atoms with Crippen LogP contribution in [0, 0.1) is 0 Å². The predicted octanol–water partition coefficient (Wildman–Crippen LogP) is 2.02. The van der Waals surface area contributed by atoms with E-state index in [0.29, 0.717) is 16.6 Å². The van der Waals surface area contributed by atoms with Crippen LogP contribution in [0.1, 0.15) is 6.42 Å². The summed E-state index contributed by atoms with van der Waals surface area (Å²) < 4.78 is 32.1. The van der Waals surface area contributed by atoms with Crippen LogP contribution in [-0.4, -0.2) is 39.5 Å². The van der Waals surface area contributed by atoms with E-state index in [0.717, 1.165) is 0 Å². The number of sulfonamides is 1. The topological polar surface area (TPSA) is 72.5 Å². The van der Waals surface area contributed by atoms with Gasteiger partial charge in [-0.3, -0.25) is 4.79 Å². The largest absolute Gasteiger partial charge is 0.468 e. The number of rotatable bonds is 7. The smallest absolute Gasteiger partial charge is 0.323 e. The minimum atomic E-state index is -3.78. The predicted molar refractivity (Wildman–Crippen MR) is 83.3 cm³/mol. The zero-order valence-corrected chi connectivity index (χ0v) is 14.3. The number of carbonyl (C=O) groups is 1. The van der Waals surface area contributed by atoms with Crippen molar-refractivity contribution in [2.24, 2.45) is 0 Å². The minimum Gasteiger partial charge on any atom is -0.468 e. The Labute approximate surface area is 131 Å². The quantitative estimate of drug-likeness (QED) is 0.731. The van der Waals surface area contributed by atoms with Crippen LogP contribution >= 0.6 is 27.7 Å². The fraction of sp³-hybridized carbons (Fsp3) is 0.417. The molecule has 20 heavy (non-hydrogen) atoms. The van der Waals surface area contributed by atoms with E-state index < -0.39 is 22.0 Å². The zero-order valence-electron chi connectivity index (χ0n) is 11.1. The summed E-state index contributed by atoms with van der Waals surface area (Å²) in [7, 11) is -2.55. The summed E-state index contributed by atoms with van der Waals surface area (Å²) in [5.41, 5.74) is 0. The average Bonchev–Trinajstić information content (AvgIpc) is 2.42. The molecule has 0 radical (unpaired) electrons. The summed E-state index contributed by atoms with van der Waals surface area (Å²) in [6.45, 7) is 0. The second-order valence-corrected chi connectivity index (χ2v) is 7.43. The first-order chi connectivity index (χ1) is 9.42. The number of hydrogen-bond acceptors (Lipinski definition) is 5. The van der Waals surface area contributed by atoms with Crippen molar-refractivity contribution < 1.29 is 17.9 Å². The average molecular weight is 382 g/mol. The Morgan fingerprint density at radius 3 is 2.65 bits per heavy atom. The molecule has 0 amide bonds. The third-order valence-corrected chi connectivity index (χ3v) is 5.65. The zero-order chi connectivity index (χ0) is 15.2. The van der Waals surface area contributed by atoms with E-state index in [4.69, 9.17) is 0 Å². The number of benzene rings is 1. The van der Waals surface area contributed by atoms with E-state index in [2.05, 4.69) is 25.4 Å². The number of ether oxygens (including phenoxy) is 1. The Hall–Kier alpha value is -0.570. The Kier molecular flexibility index (Phi) is 7.01. The van der Waals surface area contributed by atoms with Gasteiger partial charge >= 0.3 is 5.97 Å². The summed E-state index contributed by atoms with van der Waals surface area (Å²) in [6.07, 6.45) is 2.26. The lowest BCUT2D eigenvalue weighted by Gasteiger charge is -2.16. The number of hydrogen-bond donors (Lipinski definition) is 1. The van der Waals surface area contributed by atoms with Gasteiger partial charge in [-0.1, -0.05) is 12.1 Å². The monoisotopic (exact) mass is 381 g/mol. The first kappa shape index (κ1) is 17.5. The SMILES string of the molecule is COC(=O)[C@H](CCSC)NS(=O)(=O)c1ccccc1Br. The second-order valence-electron chi connectivity index (χ2n) is 3.91. The molecule has 112 valence electrons. The van der Waals surface area contributed by atoms with Crippen LogP contribution in [0.3, 0.4) is 0 Å². The highest BCUT2D eigenvalue weighted by Crippen LogP contribution is 2.21. The van der Waals surface area contributed by atoms with Crippen LogP contribution in [-0.2, 0) is 19.6 Å². The van der Waals surface area contributed by atoms with Crippen molar-refractivity contribution in [3.8, 4) is 0 Å². The summed E-state index contributed by atoms with van der Waals surface area (Å²) in [4.78, 5) is 11.7. The van der Waals surface area contributed by atoms with E-state index in [1.165, 1.54) is 24.9 Å². The summed E-state index contributed by atoms with van der Waals surface area (Å²) >= 11 is 4.72. The summed E-state index contributed by atoms with van der Waals surface area (Å²) in [5.74, 6) is 0.0628. The summed E-state index contributed by atoms with van der Waals surface area (Å²) in [6, 6.07) is 5.55. The van der Waals surface area contributed by atoms with Gasteiger partial charge in [-0.15, -0.1) is 0 Å². The molecule has 0 saturated carbocycles.